The second-order valence-electron chi connectivity index (χ2n) is 2.87. The molecule has 0 fully saturated rings. The van der Waals surface area contributed by atoms with Gasteiger partial charge in [0, 0.05) is 7.93 Å². The molecule has 0 saturated heterocycles. The van der Waals surface area contributed by atoms with Crippen LogP contribution in [0.15, 0.2) is 12.1 Å². The third-order valence-electron chi connectivity index (χ3n) is 1.77. The minimum absolute atomic E-state index is 0.396. The number of benzene rings is 1. The number of halogens is 1. The molecular formula is C9H12ClP. The fraction of sp³-hybridized carbons (Fsp3) is 0.333. The molecule has 0 spiro atoms. The summed E-state index contributed by atoms with van der Waals surface area (Å²) in [7, 11) is 0.396. The first-order chi connectivity index (χ1) is 5.15. The second-order valence-corrected chi connectivity index (χ2v) is 4.12. The third kappa shape index (κ3) is 1.95. The minimum atomic E-state index is 0.396. The first-order valence-electron chi connectivity index (χ1n) is 3.59. The van der Waals surface area contributed by atoms with Crippen LogP contribution in [0.3, 0.4) is 0 Å². The maximum absolute atomic E-state index is 5.82. The standard InChI is InChI=1S/C9H12ClP/c1-6-4-7(2)9(11-10)8(3)5-6/h4-5,11H,1-3H3. The number of rotatable bonds is 1. The van der Waals surface area contributed by atoms with Crippen molar-refractivity contribution in [3.05, 3.63) is 28.8 Å². The zero-order chi connectivity index (χ0) is 8.43. The highest BCUT2D eigenvalue weighted by Crippen LogP contribution is 2.21. The van der Waals surface area contributed by atoms with Crippen LogP contribution in [0.4, 0.5) is 0 Å². The van der Waals surface area contributed by atoms with Gasteiger partial charge in [-0.15, -0.1) is 0 Å². The van der Waals surface area contributed by atoms with Crippen LogP contribution in [0.1, 0.15) is 16.7 Å². The molecule has 1 aromatic rings. The highest BCUT2D eigenvalue weighted by molar-refractivity contribution is 7.75. The normalized spacial score (nSPS) is 11.3. The molecule has 2 heteroatoms. The van der Waals surface area contributed by atoms with Crippen LogP contribution in [-0.2, 0) is 0 Å². The van der Waals surface area contributed by atoms with Gasteiger partial charge in [-0.3, -0.25) is 0 Å². The molecule has 1 unspecified atom stereocenters. The molecule has 1 aromatic carbocycles. The van der Waals surface area contributed by atoms with E-state index in [-0.39, 0.29) is 0 Å². The second kappa shape index (κ2) is 3.56. The van der Waals surface area contributed by atoms with E-state index in [1.54, 1.807) is 0 Å². The van der Waals surface area contributed by atoms with Crippen LogP contribution in [0.2, 0.25) is 0 Å². The van der Waals surface area contributed by atoms with Gasteiger partial charge >= 0.3 is 0 Å². The summed E-state index contributed by atoms with van der Waals surface area (Å²) in [6.07, 6.45) is 0. The maximum atomic E-state index is 5.82. The van der Waals surface area contributed by atoms with Crippen LogP contribution < -0.4 is 5.30 Å². The summed E-state index contributed by atoms with van der Waals surface area (Å²) in [4.78, 5) is 0. The van der Waals surface area contributed by atoms with Gasteiger partial charge in [0.1, 0.15) is 0 Å². The Morgan fingerprint density at radius 1 is 1.09 bits per heavy atom. The van der Waals surface area contributed by atoms with Crippen molar-refractivity contribution in [3.63, 3.8) is 0 Å². The lowest BCUT2D eigenvalue weighted by atomic mass is 10.1. The Kier molecular flexibility index (Phi) is 2.92. The Hall–Kier alpha value is -0.0600. The van der Waals surface area contributed by atoms with Crippen molar-refractivity contribution in [3.8, 4) is 0 Å². The molecule has 11 heavy (non-hydrogen) atoms. The summed E-state index contributed by atoms with van der Waals surface area (Å²) in [6.45, 7) is 6.34. The van der Waals surface area contributed by atoms with Crippen LogP contribution in [0.5, 0.6) is 0 Å². The first-order valence-corrected chi connectivity index (χ1v) is 5.61. The van der Waals surface area contributed by atoms with Crippen LogP contribution in [-0.4, -0.2) is 0 Å². The van der Waals surface area contributed by atoms with E-state index in [2.05, 4.69) is 32.9 Å². The van der Waals surface area contributed by atoms with E-state index < -0.39 is 0 Å². The van der Waals surface area contributed by atoms with Crippen LogP contribution in [0.25, 0.3) is 0 Å². The van der Waals surface area contributed by atoms with Gasteiger partial charge in [-0.05, 0) is 37.2 Å². The van der Waals surface area contributed by atoms with Crippen molar-refractivity contribution < 1.29 is 0 Å². The molecule has 0 N–H and O–H groups in total. The molecular weight excluding hydrogens is 175 g/mol. The van der Waals surface area contributed by atoms with Gasteiger partial charge in [0.2, 0.25) is 0 Å². The van der Waals surface area contributed by atoms with Crippen molar-refractivity contribution in [2.24, 2.45) is 0 Å². The Morgan fingerprint density at radius 2 is 1.55 bits per heavy atom. The van der Waals surface area contributed by atoms with E-state index >= 15 is 0 Å². The lowest BCUT2D eigenvalue weighted by molar-refractivity contribution is 1.36. The van der Waals surface area contributed by atoms with E-state index in [9.17, 15) is 0 Å². The topological polar surface area (TPSA) is 0 Å². The molecule has 0 amide bonds. The van der Waals surface area contributed by atoms with Gasteiger partial charge in [-0.1, -0.05) is 28.9 Å². The molecule has 0 radical (unpaired) electrons. The largest absolute Gasteiger partial charge is 0.0948 e. The fourth-order valence-electron chi connectivity index (χ4n) is 1.33. The van der Waals surface area contributed by atoms with Crippen molar-refractivity contribution in [2.75, 3.05) is 0 Å². The van der Waals surface area contributed by atoms with E-state index in [4.69, 9.17) is 11.2 Å². The van der Waals surface area contributed by atoms with Gasteiger partial charge in [-0.2, -0.15) is 0 Å². The molecule has 1 atom stereocenters. The molecule has 0 heterocycles. The average molecular weight is 187 g/mol. The lowest BCUT2D eigenvalue weighted by Crippen LogP contribution is -2.03. The summed E-state index contributed by atoms with van der Waals surface area (Å²) in [5.74, 6) is 0. The molecule has 60 valence electrons. The molecule has 1 rings (SSSR count). The number of hydrogen-bond donors (Lipinski definition) is 0. The highest BCUT2D eigenvalue weighted by atomic mass is 35.7. The Balaban J connectivity index is 3.25. The zero-order valence-electron chi connectivity index (χ0n) is 7.03. The molecule has 0 aromatic heterocycles. The average Bonchev–Trinajstić information content (AvgIpc) is 1.85. The first kappa shape index (κ1) is 9.03. The number of aryl methyl sites for hydroxylation is 3. The molecule has 0 saturated carbocycles. The SMILES string of the molecule is Cc1cc(C)c(PCl)c(C)c1. The van der Waals surface area contributed by atoms with Gasteiger partial charge in [0.15, 0.2) is 0 Å². The van der Waals surface area contributed by atoms with E-state index in [1.807, 2.05) is 0 Å². The third-order valence-corrected chi connectivity index (χ3v) is 3.32. The maximum Gasteiger partial charge on any atom is 0.00713 e. The predicted octanol–water partition coefficient (Wildman–Crippen LogP) is 3.07. The van der Waals surface area contributed by atoms with E-state index in [0.29, 0.717) is 7.93 Å². The summed E-state index contributed by atoms with van der Waals surface area (Å²) >= 11 is 5.82. The predicted molar refractivity (Wildman–Crippen MR) is 54.5 cm³/mol. The zero-order valence-corrected chi connectivity index (χ0v) is 8.79. The molecule has 0 nitrogen and oxygen atoms in total. The highest BCUT2D eigenvalue weighted by Gasteiger charge is 2.00. The molecule has 0 aliphatic heterocycles. The summed E-state index contributed by atoms with van der Waals surface area (Å²) in [5.41, 5.74) is 3.95. The van der Waals surface area contributed by atoms with Gasteiger partial charge < -0.3 is 0 Å². The van der Waals surface area contributed by atoms with Gasteiger partial charge in [0.05, 0.1) is 0 Å². The Bertz CT molecular complexity index is 245. The van der Waals surface area contributed by atoms with E-state index in [0.717, 1.165) is 0 Å². The van der Waals surface area contributed by atoms with E-state index in [1.165, 1.54) is 22.0 Å². The molecule has 0 bridgehead atoms. The van der Waals surface area contributed by atoms with Crippen molar-refractivity contribution in [1.82, 2.24) is 0 Å². The van der Waals surface area contributed by atoms with Gasteiger partial charge in [-0.25, -0.2) is 0 Å². The molecule has 0 aliphatic carbocycles. The fourth-order valence-corrected chi connectivity index (χ4v) is 2.67. The lowest BCUT2D eigenvalue weighted by Gasteiger charge is -2.06. The summed E-state index contributed by atoms with van der Waals surface area (Å²) < 4.78 is 0. The number of hydrogen-bond acceptors (Lipinski definition) is 0. The van der Waals surface area contributed by atoms with Gasteiger partial charge in [0.25, 0.3) is 0 Å². The molecule has 0 aliphatic rings. The Labute approximate surface area is 74.5 Å². The summed E-state index contributed by atoms with van der Waals surface area (Å²) in [6, 6.07) is 4.36. The van der Waals surface area contributed by atoms with Crippen LogP contribution in [0, 0.1) is 20.8 Å². The quantitative estimate of drug-likeness (QED) is 0.592. The minimum Gasteiger partial charge on any atom is -0.0948 e. The van der Waals surface area contributed by atoms with Crippen molar-refractivity contribution >= 4 is 24.5 Å². The smallest absolute Gasteiger partial charge is 0.00713 e. The summed E-state index contributed by atoms with van der Waals surface area (Å²) in [5, 5.41) is 1.30. The van der Waals surface area contributed by atoms with Crippen molar-refractivity contribution in [2.45, 2.75) is 20.8 Å². The Morgan fingerprint density at radius 3 is 1.91 bits per heavy atom. The van der Waals surface area contributed by atoms with Crippen LogP contribution >= 0.6 is 19.2 Å². The van der Waals surface area contributed by atoms with Crippen molar-refractivity contribution in [1.29, 1.82) is 0 Å². The monoisotopic (exact) mass is 186 g/mol.